The third kappa shape index (κ3) is 3.14. The van der Waals surface area contributed by atoms with Gasteiger partial charge < -0.3 is 0 Å². The molecule has 2 heteroatoms. The molecule has 0 saturated heterocycles. The Morgan fingerprint density at radius 1 is 1.11 bits per heavy atom. The van der Waals surface area contributed by atoms with Gasteiger partial charge in [0.15, 0.2) is 0 Å². The van der Waals surface area contributed by atoms with Gasteiger partial charge in [0.2, 0.25) is 0 Å². The smallest absolute Gasteiger partial charge is 0.0991 e. The van der Waals surface area contributed by atoms with E-state index in [0.29, 0.717) is 5.56 Å². The van der Waals surface area contributed by atoms with Gasteiger partial charge in [-0.25, -0.2) is 0 Å². The Kier molecular flexibility index (Phi) is 5.35. The van der Waals surface area contributed by atoms with Crippen molar-refractivity contribution in [3.05, 3.63) is 35.9 Å². The molecule has 0 aliphatic heterocycles. The molecule has 0 unspecified atom stereocenters. The molecule has 0 aromatic heterocycles. The second-order valence-corrected chi connectivity index (χ2v) is 1.48. The maximum absolute atomic E-state index is 8.29. The van der Waals surface area contributed by atoms with Crippen LogP contribution in [0.15, 0.2) is 30.3 Å². The van der Waals surface area contributed by atoms with Gasteiger partial charge in [-0.2, -0.15) is 5.26 Å². The molecule has 0 aliphatic carbocycles. The molecule has 1 radical (unpaired) electrons. The van der Waals surface area contributed by atoms with Crippen LogP contribution in [0.2, 0.25) is 0 Å². The molecule has 0 heterocycles. The minimum atomic E-state index is 0. The average Bonchev–Trinajstić information content (AvgIpc) is 1.90. The average molecular weight is 142 g/mol. The van der Waals surface area contributed by atoms with Crippen LogP contribution >= 0.6 is 0 Å². The van der Waals surface area contributed by atoms with Crippen LogP contribution in [0, 0.1) is 11.3 Å². The number of nitrogens with zero attached hydrogens (tertiary/aromatic N) is 1. The number of nitriles is 1. The topological polar surface area (TPSA) is 23.8 Å². The molecule has 39 valence electrons. The van der Waals surface area contributed by atoms with E-state index in [9.17, 15) is 0 Å². The summed E-state index contributed by atoms with van der Waals surface area (Å²) < 4.78 is 0. The van der Waals surface area contributed by atoms with Crippen molar-refractivity contribution >= 4 is 51.4 Å². The van der Waals surface area contributed by atoms with Gasteiger partial charge in [-0.15, -0.1) is 0 Å². The van der Waals surface area contributed by atoms with Gasteiger partial charge in [0.05, 0.1) is 11.6 Å². The first kappa shape index (κ1) is 9.35. The second-order valence-electron chi connectivity index (χ2n) is 1.48. The standard InChI is InChI=1S/C7H5N.K/c8-6-7-4-2-1-3-5-7;/h1-5H;. The van der Waals surface area contributed by atoms with E-state index in [-0.39, 0.29) is 51.4 Å². The Bertz CT molecular complexity index is 200. The molecule has 0 bridgehead atoms. The summed E-state index contributed by atoms with van der Waals surface area (Å²) in [5.41, 5.74) is 0.715. The third-order valence-corrected chi connectivity index (χ3v) is 0.903. The summed E-state index contributed by atoms with van der Waals surface area (Å²) in [5, 5.41) is 8.29. The van der Waals surface area contributed by atoms with Crippen molar-refractivity contribution in [2.24, 2.45) is 0 Å². The molecule has 0 N–H and O–H groups in total. The second kappa shape index (κ2) is 5.16. The maximum atomic E-state index is 8.29. The summed E-state index contributed by atoms with van der Waals surface area (Å²) in [7, 11) is 0. The van der Waals surface area contributed by atoms with Crippen LogP contribution in [0.25, 0.3) is 0 Å². The normalized spacial score (nSPS) is 7.00. The van der Waals surface area contributed by atoms with Crippen LogP contribution in [0.3, 0.4) is 0 Å². The van der Waals surface area contributed by atoms with E-state index in [1.54, 1.807) is 12.1 Å². The molecular weight excluding hydrogens is 137 g/mol. The minimum Gasteiger partial charge on any atom is -0.192 e. The molecule has 0 saturated carbocycles. The van der Waals surface area contributed by atoms with E-state index in [0.717, 1.165) is 0 Å². The molecular formula is C7H5KN. The van der Waals surface area contributed by atoms with Crippen molar-refractivity contribution in [2.45, 2.75) is 0 Å². The van der Waals surface area contributed by atoms with Crippen LogP contribution in [-0.2, 0) is 0 Å². The summed E-state index contributed by atoms with van der Waals surface area (Å²) in [6.45, 7) is 0. The molecule has 0 amide bonds. The quantitative estimate of drug-likeness (QED) is 0.499. The number of hydrogen-bond donors (Lipinski definition) is 0. The van der Waals surface area contributed by atoms with Crippen molar-refractivity contribution in [3.63, 3.8) is 0 Å². The molecule has 0 atom stereocenters. The summed E-state index contributed by atoms with van der Waals surface area (Å²) in [4.78, 5) is 0. The van der Waals surface area contributed by atoms with E-state index >= 15 is 0 Å². The minimum absolute atomic E-state index is 0. The van der Waals surface area contributed by atoms with E-state index in [1.807, 2.05) is 24.3 Å². The van der Waals surface area contributed by atoms with Crippen molar-refractivity contribution in [1.29, 1.82) is 5.26 Å². The summed E-state index contributed by atoms with van der Waals surface area (Å²) >= 11 is 0. The summed E-state index contributed by atoms with van der Waals surface area (Å²) in [5.74, 6) is 0. The van der Waals surface area contributed by atoms with Crippen molar-refractivity contribution in [3.8, 4) is 6.07 Å². The van der Waals surface area contributed by atoms with Crippen LogP contribution in [0.1, 0.15) is 5.56 Å². The van der Waals surface area contributed by atoms with E-state index in [1.165, 1.54) is 0 Å². The summed E-state index contributed by atoms with van der Waals surface area (Å²) in [6, 6.07) is 11.2. The molecule has 1 aromatic rings. The maximum Gasteiger partial charge on any atom is 0.0991 e. The van der Waals surface area contributed by atoms with Gasteiger partial charge in [-0.05, 0) is 12.1 Å². The molecule has 0 aliphatic rings. The number of hydrogen-bond acceptors (Lipinski definition) is 1. The van der Waals surface area contributed by atoms with Gasteiger partial charge in [0, 0.05) is 51.4 Å². The molecule has 0 spiro atoms. The van der Waals surface area contributed by atoms with Gasteiger partial charge >= 0.3 is 0 Å². The summed E-state index contributed by atoms with van der Waals surface area (Å²) in [6.07, 6.45) is 0. The van der Waals surface area contributed by atoms with Crippen LogP contribution in [0.4, 0.5) is 0 Å². The third-order valence-electron chi connectivity index (χ3n) is 0.903. The molecule has 9 heavy (non-hydrogen) atoms. The molecule has 1 rings (SSSR count). The van der Waals surface area contributed by atoms with Crippen LogP contribution in [-0.4, -0.2) is 51.4 Å². The van der Waals surface area contributed by atoms with E-state index < -0.39 is 0 Å². The van der Waals surface area contributed by atoms with Crippen molar-refractivity contribution < 1.29 is 0 Å². The van der Waals surface area contributed by atoms with Gasteiger partial charge in [-0.1, -0.05) is 18.2 Å². The van der Waals surface area contributed by atoms with E-state index in [2.05, 4.69) is 0 Å². The molecule has 1 nitrogen and oxygen atoms in total. The SMILES string of the molecule is N#Cc1ccccc1.[K]. The Labute approximate surface area is 97.1 Å². The number of rotatable bonds is 0. The zero-order valence-electron chi connectivity index (χ0n) is 5.33. The largest absolute Gasteiger partial charge is 0.192 e. The molecule has 0 fully saturated rings. The predicted molar refractivity (Wildman–Crippen MR) is 36.9 cm³/mol. The van der Waals surface area contributed by atoms with E-state index in [4.69, 9.17) is 5.26 Å². The number of benzene rings is 1. The fraction of sp³-hybridized carbons (Fsp3) is 0. The first-order valence-corrected chi connectivity index (χ1v) is 2.38. The Morgan fingerprint density at radius 2 is 1.67 bits per heavy atom. The molecule has 1 aromatic carbocycles. The van der Waals surface area contributed by atoms with Crippen LogP contribution in [0.5, 0.6) is 0 Å². The predicted octanol–water partition coefficient (Wildman–Crippen LogP) is 1.18. The Morgan fingerprint density at radius 3 is 2.00 bits per heavy atom. The Balaban J connectivity index is 0.000000640. The van der Waals surface area contributed by atoms with Crippen molar-refractivity contribution in [2.75, 3.05) is 0 Å². The zero-order valence-corrected chi connectivity index (χ0v) is 8.46. The fourth-order valence-corrected chi connectivity index (χ4v) is 0.513. The first-order chi connectivity index (χ1) is 3.93. The van der Waals surface area contributed by atoms with Gasteiger partial charge in [0.25, 0.3) is 0 Å². The first-order valence-electron chi connectivity index (χ1n) is 2.38. The monoisotopic (exact) mass is 142 g/mol. The van der Waals surface area contributed by atoms with Crippen molar-refractivity contribution in [1.82, 2.24) is 0 Å². The fourth-order valence-electron chi connectivity index (χ4n) is 0.513. The van der Waals surface area contributed by atoms with Gasteiger partial charge in [-0.3, -0.25) is 0 Å². The Hall–Kier alpha value is 0.346. The van der Waals surface area contributed by atoms with Crippen LogP contribution < -0.4 is 0 Å². The zero-order chi connectivity index (χ0) is 5.82. The van der Waals surface area contributed by atoms with Gasteiger partial charge in [0.1, 0.15) is 0 Å².